The number of ether oxygens (including phenoxy) is 1. The molecule has 0 aliphatic heterocycles. The predicted octanol–water partition coefficient (Wildman–Crippen LogP) is 8.08. The number of amides is 1. The molecule has 0 unspecified atom stereocenters. The Kier molecular flexibility index (Phi) is 6.86. The molecule has 0 bridgehead atoms. The number of fused-ring (bicyclic) bond motifs is 7. The molecule has 0 aromatic rings. The summed E-state index contributed by atoms with van der Waals surface area (Å²) >= 11 is 0. The highest BCUT2D eigenvalue weighted by atomic mass is 16.6. The van der Waals surface area contributed by atoms with Gasteiger partial charge in [0.25, 0.3) is 0 Å². The van der Waals surface area contributed by atoms with Gasteiger partial charge in [0.05, 0.1) is 6.57 Å². The molecule has 6 nitrogen and oxygen atoms in total. The Labute approximate surface area is 253 Å². The standard InChI is InChI=1S/C36H52N2O4/c1-30(2,3)42-29(41)38-21-36-16-14-31(4,5)19-22(36)27-24(39)18-26-33(8)20-23(37-11)28(40)32(6,7)25(33)12-13-34(26,9)35(27,10)15-17-36/h18,20,22,25,27H,12-17,19,21H2,1-10H3,(H,38,41)/t22-,25-,27-,33-,34+,35+,36+/m0/s1. The van der Waals surface area contributed by atoms with E-state index in [0.29, 0.717) is 6.54 Å². The van der Waals surface area contributed by atoms with E-state index in [0.717, 1.165) is 50.5 Å². The summed E-state index contributed by atoms with van der Waals surface area (Å²) in [6.45, 7) is 29.5. The topological polar surface area (TPSA) is 76.8 Å². The van der Waals surface area contributed by atoms with E-state index < -0.39 is 16.4 Å². The molecule has 0 aromatic carbocycles. The lowest BCUT2D eigenvalue weighted by Crippen LogP contribution is -2.65. The van der Waals surface area contributed by atoms with Crippen molar-refractivity contribution in [2.45, 2.75) is 120 Å². The van der Waals surface area contributed by atoms with E-state index in [9.17, 15) is 14.4 Å². The fraction of sp³-hybridized carbons (Fsp3) is 0.778. The summed E-state index contributed by atoms with van der Waals surface area (Å²) < 4.78 is 5.61. The van der Waals surface area contributed by atoms with E-state index in [-0.39, 0.29) is 62.8 Å². The van der Waals surface area contributed by atoms with Gasteiger partial charge in [0, 0.05) is 23.3 Å². The van der Waals surface area contributed by atoms with Crippen molar-refractivity contribution in [1.29, 1.82) is 0 Å². The van der Waals surface area contributed by atoms with Crippen molar-refractivity contribution in [2.75, 3.05) is 6.54 Å². The van der Waals surface area contributed by atoms with Crippen molar-refractivity contribution in [3.63, 3.8) is 0 Å². The van der Waals surface area contributed by atoms with Crippen LogP contribution < -0.4 is 5.32 Å². The number of carbonyl (C=O) groups excluding carboxylic acids is 3. The van der Waals surface area contributed by atoms with Crippen molar-refractivity contribution in [3.05, 3.63) is 34.8 Å². The second kappa shape index (κ2) is 9.29. The van der Waals surface area contributed by atoms with Gasteiger partial charge in [-0.2, -0.15) is 0 Å². The number of rotatable bonds is 2. The van der Waals surface area contributed by atoms with Crippen LogP contribution in [0.4, 0.5) is 4.79 Å². The Morgan fingerprint density at radius 3 is 2.29 bits per heavy atom. The SMILES string of the molecule is [C-]#[N+]C1=C[C@]2(C)C3=CC(=O)[C@@H]4[C@@H]5CC(C)(C)CC[C@]5(CNC(=O)OC(C)(C)C)CC[C@@]4(C)[C@]3(C)CC[C@H]2C(C)(C)C1=O. The molecular weight excluding hydrogens is 524 g/mol. The molecule has 0 saturated heterocycles. The second-order valence-electron chi connectivity index (χ2n) is 17.4. The third-order valence-electron chi connectivity index (χ3n) is 13.0. The van der Waals surface area contributed by atoms with Crippen LogP contribution in [-0.2, 0) is 14.3 Å². The maximum Gasteiger partial charge on any atom is 0.407 e. The van der Waals surface area contributed by atoms with Gasteiger partial charge in [-0.25, -0.2) is 9.64 Å². The molecule has 0 heterocycles. The fourth-order valence-corrected chi connectivity index (χ4v) is 10.6. The maximum absolute atomic E-state index is 14.6. The Hall–Kier alpha value is -2.42. The molecule has 6 heteroatoms. The van der Waals surface area contributed by atoms with Crippen LogP contribution in [0, 0.1) is 56.8 Å². The molecular formula is C36H52N2O4. The van der Waals surface area contributed by atoms with Crippen LogP contribution >= 0.6 is 0 Å². The second-order valence-corrected chi connectivity index (χ2v) is 17.4. The third kappa shape index (κ3) is 4.34. The van der Waals surface area contributed by atoms with Crippen LogP contribution in [-0.4, -0.2) is 29.8 Å². The Morgan fingerprint density at radius 1 is 1.02 bits per heavy atom. The van der Waals surface area contributed by atoms with Crippen molar-refractivity contribution in [3.8, 4) is 0 Å². The minimum atomic E-state index is -0.658. The highest BCUT2D eigenvalue weighted by Gasteiger charge is 2.69. The van der Waals surface area contributed by atoms with Crippen LogP contribution in [0.1, 0.15) is 114 Å². The highest BCUT2D eigenvalue weighted by Crippen LogP contribution is 2.74. The third-order valence-corrected chi connectivity index (χ3v) is 13.0. The molecule has 0 radical (unpaired) electrons. The lowest BCUT2D eigenvalue weighted by Gasteiger charge is -2.69. The van der Waals surface area contributed by atoms with Gasteiger partial charge >= 0.3 is 6.09 Å². The zero-order valence-corrected chi connectivity index (χ0v) is 27.6. The molecule has 3 fully saturated rings. The summed E-state index contributed by atoms with van der Waals surface area (Å²) in [5.74, 6) is 0.191. The number of allylic oxidation sites excluding steroid dienone is 4. The summed E-state index contributed by atoms with van der Waals surface area (Å²) in [5, 5.41) is 3.13. The zero-order valence-electron chi connectivity index (χ0n) is 27.6. The molecule has 5 aliphatic carbocycles. The Bertz CT molecular complexity index is 1320. The molecule has 5 rings (SSSR count). The first-order valence-electron chi connectivity index (χ1n) is 16.0. The number of alkyl carbamates (subject to hydrolysis) is 1. The lowest BCUT2D eigenvalue weighted by molar-refractivity contribution is -0.170. The van der Waals surface area contributed by atoms with Gasteiger partial charge in [-0.05, 0) is 105 Å². The van der Waals surface area contributed by atoms with Crippen LogP contribution in [0.15, 0.2) is 23.4 Å². The van der Waals surface area contributed by atoms with Crippen molar-refractivity contribution in [2.24, 2.45) is 50.2 Å². The maximum atomic E-state index is 14.6. The summed E-state index contributed by atoms with van der Waals surface area (Å²) in [5.41, 5.74) is -0.915. The van der Waals surface area contributed by atoms with Gasteiger partial charge < -0.3 is 14.8 Å². The molecule has 1 N–H and O–H groups in total. The normalized spacial score (nSPS) is 42.0. The van der Waals surface area contributed by atoms with Gasteiger partial charge in [-0.3, -0.25) is 4.79 Å². The molecule has 7 atom stereocenters. The molecule has 230 valence electrons. The lowest BCUT2D eigenvalue weighted by atomic mass is 9.34. The van der Waals surface area contributed by atoms with Gasteiger partial charge in [0.1, 0.15) is 5.60 Å². The minimum absolute atomic E-state index is 0.0459. The highest BCUT2D eigenvalue weighted by molar-refractivity contribution is 6.03. The van der Waals surface area contributed by atoms with Crippen molar-refractivity contribution < 1.29 is 19.1 Å². The van der Waals surface area contributed by atoms with E-state index in [1.807, 2.05) is 46.8 Å². The number of nitrogens with one attached hydrogen (secondary N) is 1. The number of carbonyl (C=O) groups is 3. The average Bonchev–Trinajstić information content (AvgIpc) is 2.85. The van der Waals surface area contributed by atoms with E-state index >= 15 is 0 Å². The van der Waals surface area contributed by atoms with E-state index in [4.69, 9.17) is 11.3 Å². The largest absolute Gasteiger partial charge is 0.444 e. The van der Waals surface area contributed by atoms with Gasteiger partial charge in [-0.15, -0.1) is 0 Å². The van der Waals surface area contributed by atoms with Crippen LogP contribution in [0.3, 0.4) is 0 Å². The molecule has 42 heavy (non-hydrogen) atoms. The van der Waals surface area contributed by atoms with E-state index in [1.54, 1.807) is 0 Å². The predicted molar refractivity (Wildman–Crippen MR) is 164 cm³/mol. The Morgan fingerprint density at radius 2 is 1.67 bits per heavy atom. The quantitative estimate of drug-likeness (QED) is 0.337. The van der Waals surface area contributed by atoms with Crippen LogP contribution in [0.25, 0.3) is 4.85 Å². The average molecular weight is 577 g/mol. The van der Waals surface area contributed by atoms with Crippen molar-refractivity contribution >= 4 is 17.7 Å². The van der Waals surface area contributed by atoms with Gasteiger partial charge in [-0.1, -0.05) is 60.1 Å². The minimum Gasteiger partial charge on any atom is -0.444 e. The molecule has 1 amide bonds. The fourth-order valence-electron chi connectivity index (χ4n) is 10.6. The number of ketones is 2. The zero-order chi connectivity index (χ0) is 31.3. The first-order chi connectivity index (χ1) is 19.2. The van der Waals surface area contributed by atoms with Crippen LogP contribution in [0.5, 0.6) is 0 Å². The summed E-state index contributed by atoms with van der Waals surface area (Å²) in [6, 6.07) is 0. The summed E-state index contributed by atoms with van der Waals surface area (Å²) in [4.78, 5) is 44.4. The molecule has 0 spiro atoms. The van der Waals surface area contributed by atoms with E-state index in [1.165, 1.54) is 0 Å². The molecule has 0 aromatic heterocycles. The van der Waals surface area contributed by atoms with E-state index in [2.05, 4.69) is 44.8 Å². The number of hydrogen-bond acceptors (Lipinski definition) is 4. The van der Waals surface area contributed by atoms with Gasteiger partial charge in [0.2, 0.25) is 5.70 Å². The smallest absolute Gasteiger partial charge is 0.407 e. The van der Waals surface area contributed by atoms with Crippen LogP contribution in [0.2, 0.25) is 0 Å². The summed E-state index contributed by atoms with van der Waals surface area (Å²) in [6.07, 6.45) is 10.2. The number of Topliss-reactive ketones (excluding diaryl/α,β-unsaturated/α-hetero) is 1. The molecule has 5 aliphatic rings. The number of nitrogens with zero attached hydrogens (tertiary/aromatic N) is 1. The Balaban J connectivity index is 1.59. The first-order valence-corrected chi connectivity index (χ1v) is 16.0. The number of hydrogen-bond donors (Lipinski definition) is 1. The first kappa shape index (κ1) is 31.0. The van der Waals surface area contributed by atoms with Crippen molar-refractivity contribution in [1.82, 2.24) is 5.32 Å². The summed E-state index contributed by atoms with van der Waals surface area (Å²) in [7, 11) is 0. The molecule has 3 saturated carbocycles. The monoisotopic (exact) mass is 576 g/mol. The van der Waals surface area contributed by atoms with Gasteiger partial charge in [0.15, 0.2) is 11.6 Å².